The van der Waals surface area contributed by atoms with E-state index in [9.17, 15) is 23.1 Å². The van der Waals surface area contributed by atoms with Gasteiger partial charge in [-0.1, -0.05) is 48.0 Å². The van der Waals surface area contributed by atoms with Crippen LogP contribution in [-0.2, 0) is 0 Å². The molecule has 3 heterocycles. The smallest absolute Gasteiger partial charge is 0.384 e. The Bertz CT molecular complexity index is 1380. The third-order valence-corrected chi connectivity index (χ3v) is 7.26. The third-order valence-electron chi connectivity index (χ3n) is 6.04. The Morgan fingerprint density at radius 1 is 1.19 bits per heavy atom. The lowest BCUT2D eigenvalue weighted by Gasteiger charge is -2.33. The van der Waals surface area contributed by atoms with E-state index in [-0.39, 0.29) is 23.5 Å². The number of amides is 1. The Kier molecular flexibility index (Phi) is 6.50. The first-order chi connectivity index (χ1) is 17.2. The number of anilines is 2. The molecule has 0 aliphatic carbocycles. The zero-order valence-corrected chi connectivity index (χ0v) is 20.1. The number of halogens is 4. The number of rotatable bonds is 5. The molecule has 1 aliphatic heterocycles. The predicted octanol–water partition coefficient (Wildman–Crippen LogP) is 6.59. The lowest BCUT2D eigenvalue weighted by atomic mass is 9.99. The first-order valence-corrected chi connectivity index (χ1v) is 12.3. The number of nitrogens with one attached hydrogen (secondary N) is 2. The summed E-state index contributed by atoms with van der Waals surface area (Å²) in [6, 6.07) is 14.5. The lowest BCUT2D eigenvalue weighted by molar-refractivity contribution is -0.173. The molecule has 186 valence electrons. The Labute approximate surface area is 213 Å². The molecule has 0 spiro atoms. The molecule has 6 nitrogen and oxygen atoms in total. The van der Waals surface area contributed by atoms with Gasteiger partial charge < -0.3 is 15.7 Å². The number of carbonyl (C=O) groups is 1. The molecule has 0 saturated heterocycles. The van der Waals surface area contributed by atoms with E-state index < -0.39 is 30.3 Å². The van der Waals surface area contributed by atoms with Gasteiger partial charge in [0.05, 0.1) is 12.2 Å². The summed E-state index contributed by atoms with van der Waals surface area (Å²) >= 11 is 7.49. The minimum Gasteiger partial charge on any atom is -0.384 e. The van der Waals surface area contributed by atoms with Crippen molar-refractivity contribution in [3.05, 3.63) is 98.8 Å². The van der Waals surface area contributed by atoms with Gasteiger partial charge in [-0.05, 0) is 35.2 Å². The maximum atomic E-state index is 13.9. The van der Waals surface area contributed by atoms with Crippen molar-refractivity contribution >= 4 is 40.4 Å². The molecule has 3 N–H and O–H groups in total. The monoisotopic (exact) mass is 532 g/mol. The molecule has 3 atom stereocenters. The van der Waals surface area contributed by atoms with Crippen LogP contribution in [0.25, 0.3) is 0 Å². The SMILES string of the molecule is O=C(Nc1ccc(Cl)cc1[C@@H](O)c1ccccc1)c1cnn2c1N[C@H](c1cccs1)C[C@@H]2C(F)(F)F. The van der Waals surface area contributed by atoms with E-state index >= 15 is 0 Å². The van der Waals surface area contributed by atoms with Crippen LogP contribution in [-0.4, -0.2) is 27.0 Å². The fourth-order valence-electron chi connectivity index (χ4n) is 4.28. The van der Waals surface area contributed by atoms with Crippen LogP contribution < -0.4 is 10.6 Å². The van der Waals surface area contributed by atoms with Crippen LogP contribution in [0.1, 0.15) is 51.0 Å². The molecule has 11 heteroatoms. The summed E-state index contributed by atoms with van der Waals surface area (Å²) < 4.78 is 42.5. The number of benzene rings is 2. The van der Waals surface area contributed by atoms with Crippen molar-refractivity contribution in [1.29, 1.82) is 0 Å². The molecule has 1 amide bonds. The number of hydrogen-bond donors (Lipinski definition) is 3. The van der Waals surface area contributed by atoms with Crippen LogP contribution in [0.5, 0.6) is 0 Å². The van der Waals surface area contributed by atoms with Gasteiger partial charge in [-0.15, -0.1) is 11.3 Å². The van der Waals surface area contributed by atoms with Crippen molar-refractivity contribution in [3.63, 3.8) is 0 Å². The quantitative estimate of drug-likeness (QED) is 0.271. The number of nitrogens with zero attached hydrogens (tertiary/aromatic N) is 2. The molecule has 36 heavy (non-hydrogen) atoms. The molecule has 1 aliphatic rings. The second-order valence-electron chi connectivity index (χ2n) is 8.36. The number of aromatic nitrogens is 2. The second kappa shape index (κ2) is 9.61. The molecule has 4 aromatic rings. The molecule has 0 fully saturated rings. The number of hydrogen-bond acceptors (Lipinski definition) is 5. The van der Waals surface area contributed by atoms with Crippen molar-refractivity contribution in [2.45, 2.75) is 30.8 Å². The van der Waals surface area contributed by atoms with Gasteiger partial charge in [0.25, 0.3) is 5.91 Å². The average Bonchev–Trinajstić information content (AvgIpc) is 3.54. The Morgan fingerprint density at radius 2 is 1.97 bits per heavy atom. The number of fused-ring (bicyclic) bond motifs is 1. The van der Waals surface area contributed by atoms with Crippen molar-refractivity contribution < 1.29 is 23.1 Å². The zero-order chi connectivity index (χ0) is 25.4. The Hall–Kier alpha value is -3.34. The highest BCUT2D eigenvalue weighted by atomic mass is 35.5. The minimum absolute atomic E-state index is 0.0152. The number of aliphatic hydroxyl groups is 1. The van der Waals surface area contributed by atoms with Gasteiger partial charge in [0.15, 0.2) is 6.04 Å². The van der Waals surface area contributed by atoms with E-state index in [0.29, 0.717) is 16.1 Å². The molecule has 5 rings (SSSR count). The largest absolute Gasteiger partial charge is 0.410 e. The summed E-state index contributed by atoms with van der Waals surface area (Å²) in [6.45, 7) is 0. The molecule has 2 aromatic heterocycles. The first kappa shape index (κ1) is 24.4. The number of aliphatic hydroxyl groups excluding tert-OH is 1. The van der Waals surface area contributed by atoms with Gasteiger partial charge in [0.1, 0.15) is 17.5 Å². The average molecular weight is 533 g/mol. The Morgan fingerprint density at radius 3 is 2.67 bits per heavy atom. The van der Waals surface area contributed by atoms with Gasteiger partial charge in [0.2, 0.25) is 0 Å². The van der Waals surface area contributed by atoms with Crippen LogP contribution >= 0.6 is 22.9 Å². The number of thiophene rings is 1. The predicted molar refractivity (Wildman–Crippen MR) is 133 cm³/mol. The van der Waals surface area contributed by atoms with Crippen molar-refractivity contribution in [3.8, 4) is 0 Å². The minimum atomic E-state index is -4.55. The summed E-state index contributed by atoms with van der Waals surface area (Å²) in [7, 11) is 0. The highest BCUT2D eigenvalue weighted by molar-refractivity contribution is 7.10. The maximum Gasteiger partial charge on any atom is 0.410 e. The summed E-state index contributed by atoms with van der Waals surface area (Å²) in [5.41, 5.74) is 1.17. The lowest BCUT2D eigenvalue weighted by Crippen LogP contribution is -2.36. The van der Waals surface area contributed by atoms with E-state index in [0.717, 1.165) is 15.8 Å². The molecular formula is C25H20ClF3N4O2S. The van der Waals surface area contributed by atoms with E-state index in [1.54, 1.807) is 47.8 Å². The highest BCUT2D eigenvalue weighted by Gasteiger charge is 2.47. The highest BCUT2D eigenvalue weighted by Crippen LogP contribution is 2.45. The van der Waals surface area contributed by atoms with Gasteiger partial charge in [-0.2, -0.15) is 18.3 Å². The standard InChI is InChI=1S/C25H20ClF3N4O2S/c26-15-8-9-18(16(11-15)22(34)14-5-2-1-3-6-14)32-24(35)17-13-30-33-21(25(27,28)29)12-19(31-23(17)33)20-7-4-10-36-20/h1-11,13,19,21-22,31,34H,12H2,(H,32,35)/t19-,21+,22-/m0/s1. The van der Waals surface area contributed by atoms with Crippen LogP contribution in [0.3, 0.4) is 0 Å². The van der Waals surface area contributed by atoms with Crippen LogP contribution in [0.4, 0.5) is 24.7 Å². The molecule has 2 aromatic carbocycles. The van der Waals surface area contributed by atoms with Gasteiger partial charge >= 0.3 is 6.18 Å². The number of carbonyl (C=O) groups excluding carboxylic acids is 1. The van der Waals surface area contributed by atoms with Gasteiger partial charge in [-0.3, -0.25) is 4.79 Å². The second-order valence-corrected chi connectivity index (χ2v) is 9.77. The summed E-state index contributed by atoms with van der Waals surface area (Å²) in [4.78, 5) is 14.0. The molecule has 0 saturated carbocycles. The van der Waals surface area contributed by atoms with Crippen LogP contribution in [0, 0.1) is 0 Å². The molecule has 0 unspecified atom stereocenters. The van der Waals surface area contributed by atoms with E-state index in [1.807, 2.05) is 6.07 Å². The molecular weight excluding hydrogens is 513 g/mol. The maximum absolute atomic E-state index is 13.9. The topological polar surface area (TPSA) is 79.2 Å². The number of alkyl halides is 3. The first-order valence-electron chi connectivity index (χ1n) is 11.0. The van der Waals surface area contributed by atoms with Crippen LogP contribution in [0.15, 0.2) is 72.2 Å². The van der Waals surface area contributed by atoms with Crippen molar-refractivity contribution in [2.24, 2.45) is 0 Å². The molecule has 0 radical (unpaired) electrons. The normalized spacial score (nSPS) is 18.2. The van der Waals surface area contributed by atoms with Crippen LogP contribution in [0.2, 0.25) is 5.02 Å². The van der Waals surface area contributed by atoms with E-state index in [1.165, 1.54) is 23.5 Å². The van der Waals surface area contributed by atoms with Gasteiger partial charge in [-0.25, -0.2) is 4.68 Å². The Balaban J connectivity index is 1.48. The van der Waals surface area contributed by atoms with E-state index in [4.69, 9.17) is 11.6 Å². The van der Waals surface area contributed by atoms with Gasteiger partial charge in [0, 0.05) is 27.6 Å². The summed E-state index contributed by atoms with van der Waals surface area (Å²) in [5, 5.41) is 22.8. The fourth-order valence-corrected chi connectivity index (χ4v) is 5.25. The third kappa shape index (κ3) is 4.71. The fraction of sp³-hybridized carbons (Fsp3) is 0.200. The zero-order valence-electron chi connectivity index (χ0n) is 18.5. The summed E-state index contributed by atoms with van der Waals surface area (Å²) in [6.07, 6.45) is -4.76. The summed E-state index contributed by atoms with van der Waals surface area (Å²) in [5.74, 6) is -0.682. The van der Waals surface area contributed by atoms with Crippen molar-refractivity contribution in [1.82, 2.24) is 9.78 Å². The molecule has 0 bridgehead atoms. The van der Waals surface area contributed by atoms with E-state index in [2.05, 4.69) is 15.7 Å². The van der Waals surface area contributed by atoms with Crippen molar-refractivity contribution in [2.75, 3.05) is 10.6 Å².